The maximum absolute atomic E-state index is 11.7. The molecule has 0 aliphatic carbocycles. The van der Waals surface area contributed by atoms with Gasteiger partial charge in [0.05, 0.1) is 0 Å². The third-order valence-electron chi connectivity index (χ3n) is 5.37. The van der Waals surface area contributed by atoms with E-state index in [1.807, 2.05) is 36.4 Å². The monoisotopic (exact) mass is 440 g/mol. The Morgan fingerprint density at radius 3 is 1.82 bits per heavy atom. The zero-order valence-corrected chi connectivity index (χ0v) is 19.3. The van der Waals surface area contributed by atoms with E-state index < -0.39 is 11.9 Å². The van der Waals surface area contributed by atoms with E-state index in [0.29, 0.717) is 17.1 Å². The molecule has 0 radical (unpaired) electrons. The third-order valence-corrected chi connectivity index (χ3v) is 5.37. The van der Waals surface area contributed by atoms with Crippen LogP contribution in [0.15, 0.2) is 97.6 Å². The lowest BCUT2D eigenvalue weighted by molar-refractivity contribution is -0.130. The molecule has 0 bridgehead atoms. The summed E-state index contributed by atoms with van der Waals surface area (Å²) in [7, 11) is 0. The summed E-state index contributed by atoms with van der Waals surface area (Å²) < 4.78 is 10.4. The summed E-state index contributed by atoms with van der Waals surface area (Å²) in [5.74, 6) is 0.105. The predicted octanol–water partition coefficient (Wildman–Crippen LogP) is 6.45. The van der Waals surface area contributed by atoms with Crippen LogP contribution in [0.3, 0.4) is 0 Å². The van der Waals surface area contributed by atoms with Crippen molar-refractivity contribution in [2.45, 2.75) is 32.6 Å². The van der Waals surface area contributed by atoms with Gasteiger partial charge >= 0.3 is 11.9 Å². The predicted molar refractivity (Wildman–Crippen MR) is 131 cm³/mol. The van der Waals surface area contributed by atoms with Crippen molar-refractivity contribution in [3.63, 3.8) is 0 Å². The first-order valence-electron chi connectivity index (χ1n) is 10.7. The van der Waals surface area contributed by atoms with E-state index in [2.05, 4.69) is 51.3 Å². The number of rotatable bonds is 8. The van der Waals surface area contributed by atoms with Gasteiger partial charge in [-0.1, -0.05) is 75.5 Å². The smallest absolute Gasteiger partial charge is 0.338 e. The lowest BCUT2D eigenvalue weighted by atomic mass is 9.79. The molecule has 0 saturated carbocycles. The fourth-order valence-electron chi connectivity index (χ4n) is 3.47. The summed E-state index contributed by atoms with van der Waals surface area (Å²) in [6.07, 6.45) is 1.98. The molecule has 3 aromatic rings. The van der Waals surface area contributed by atoms with Gasteiger partial charge in [-0.2, -0.15) is 0 Å². The summed E-state index contributed by atoms with van der Waals surface area (Å²) >= 11 is 0. The third kappa shape index (κ3) is 6.30. The van der Waals surface area contributed by atoms with Crippen LogP contribution in [0.4, 0.5) is 0 Å². The Kier molecular flexibility index (Phi) is 7.29. The molecule has 4 nitrogen and oxygen atoms in total. The van der Waals surface area contributed by atoms with Crippen LogP contribution >= 0.6 is 0 Å². The molecule has 0 aliphatic rings. The minimum atomic E-state index is -0.475. The normalized spacial score (nSPS) is 10.9. The van der Waals surface area contributed by atoms with Gasteiger partial charge in [-0.15, -0.1) is 0 Å². The van der Waals surface area contributed by atoms with E-state index in [1.54, 1.807) is 19.1 Å². The van der Waals surface area contributed by atoms with E-state index in [-0.39, 0.29) is 5.41 Å². The van der Waals surface area contributed by atoms with E-state index in [0.717, 1.165) is 29.2 Å². The Labute approximate surface area is 195 Å². The molecule has 3 rings (SSSR count). The van der Waals surface area contributed by atoms with Crippen LogP contribution < -0.4 is 9.47 Å². The zero-order chi connectivity index (χ0) is 24.0. The lowest BCUT2D eigenvalue weighted by Gasteiger charge is -2.26. The molecule has 33 heavy (non-hydrogen) atoms. The van der Waals surface area contributed by atoms with Gasteiger partial charge in [-0.05, 0) is 65.3 Å². The van der Waals surface area contributed by atoms with Gasteiger partial charge in [-0.25, -0.2) is 9.59 Å². The van der Waals surface area contributed by atoms with Gasteiger partial charge in [0.1, 0.15) is 11.5 Å². The molecule has 0 amide bonds. The minimum Gasteiger partial charge on any atom is -0.423 e. The number of ether oxygens (including phenoxy) is 2. The fourth-order valence-corrected chi connectivity index (χ4v) is 3.47. The molecule has 0 spiro atoms. The van der Waals surface area contributed by atoms with E-state index in [4.69, 9.17) is 9.47 Å². The summed E-state index contributed by atoms with van der Waals surface area (Å²) in [6.45, 7) is 13.0. The Hall–Kier alpha value is -3.92. The van der Waals surface area contributed by atoms with Crippen LogP contribution in [0.5, 0.6) is 11.5 Å². The molecule has 0 atom stereocenters. The molecule has 0 aromatic heterocycles. The number of hydrogen-bond acceptors (Lipinski definition) is 4. The van der Waals surface area contributed by atoms with Crippen LogP contribution in [0.1, 0.15) is 31.9 Å². The van der Waals surface area contributed by atoms with Crippen LogP contribution in [-0.4, -0.2) is 11.9 Å². The van der Waals surface area contributed by atoms with Crippen molar-refractivity contribution in [2.24, 2.45) is 0 Å². The lowest BCUT2D eigenvalue weighted by Crippen LogP contribution is -2.20. The summed E-state index contributed by atoms with van der Waals surface area (Å²) in [5.41, 5.74) is 4.79. The number of carbonyl (C=O) groups excluding carboxylic acids is 2. The van der Waals surface area contributed by atoms with Crippen molar-refractivity contribution in [1.29, 1.82) is 0 Å². The average Bonchev–Trinajstić information content (AvgIpc) is 2.80. The second-order valence-electron chi connectivity index (χ2n) is 8.60. The Bertz CT molecular complexity index is 1150. The van der Waals surface area contributed by atoms with E-state index in [1.165, 1.54) is 5.56 Å². The van der Waals surface area contributed by atoms with Crippen LogP contribution in [0.2, 0.25) is 0 Å². The van der Waals surface area contributed by atoms with Crippen molar-refractivity contribution >= 4 is 11.9 Å². The molecule has 0 fully saturated rings. The molecule has 0 saturated heterocycles. The summed E-state index contributed by atoms with van der Waals surface area (Å²) in [6, 6.07) is 23.5. The quantitative estimate of drug-likeness (QED) is 0.230. The van der Waals surface area contributed by atoms with Gasteiger partial charge in [0.15, 0.2) is 0 Å². The Morgan fingerprint density at radius 1 is 0.818 bits per heavy atom. The molecular formula is C29H28O4. The molecule has 168 valence electrons. The molecule has 3 aromatic carbocycles. The van der Waals surface area contributed by atoms with Crippen molar-refractivity contribution in [1.82, 2.24) is 0 Å². The topological polar surface area (TPSA) is 52.6 Å². The molecule has 0 unspecified atom stereocenters. The summed E-state index contributed by atoms with van der Waals surface area (Å²) in [4.78, 5) is 23.0. The van der Waals surface area contributed by atoms with Gasteiger partial charge < -0.3 is 9.47 Å². The fraction of sp³-hybridized carbons (Fsp3) is 0.172. The Balaban J connectivity index is 1.68. The van der Waals surface area contributed by atoms with Crippen molar-refractivity contribution in [3.05, 3.63) is 109 Å². The number of hydrogen-bond donors (Lipinski definition) is 0. The van der Waals surface area contributed by atoms with Gasteiger partial charge in [0.2, 0.25) is 0 Å². The highest BCUT2D eigenvalue weighted by atomic mass is 16.5. The van der Waals surface area contributed by atoms with Gasteiger partial charge in [0.25, 0.3) is 0 Å². The van der Waals surface area contributed by atoms with E-state index >= 15 is 0 Å². The first kappa shape index (κ1) is 23.7. The summed E-state index contributed by atoms with van der Waals surface area (Å²) in [5, 5.41) is 0. The zero-order valence-electron chi connectivity index (χ0n) is 19.3. The first-order valence-corrected chi connectivity index (χ1v) is 10.7. The highest BCUT2D eigenvalue weighted by molar-refractivity contribution is 5.88. The Morgan fingerprint density at radius 2 is 1.30 bits per heavy atom. The first-order chi connectivity index (χ1) is 15.7. The van der Waals surface area contributed by atoms with Gasteiger partial charge in [0, 0.05) is 11.6 Å². The maximum Gasteiger partial charge on any atom is 0.338 e. The number of carbonyl (C=O) groups is 2. The SMILES string of the molecule is C=CC(=O)Oc1ccc(-c2ccc(C(C)(C)Cc3ccc(OC(=O)C(=C)C)cc3)cc2)cc1. The highest BCUT2D eigenvalue weighted by Crippen LogP contribution is 2.31. The van der Waals surface area contributed by atoms with Crippen molar-refractivity contribution in [2.75, 3.05) is 0 Å². The standard InChI is InChI=1S/C29H28O4/c1-6-27(30)32-25-17-11-23(12-18-25)22-9-13-24(14-10-22)29(4,5)19-21-7-15-26(16-8-21)33-28(31)20(2)3/h6-18H,1-2,19H2,3-5H3. The molecule has 0 heterocycles. The molecular weight excluding hydrogens is 412 g/mol. The average molecular weight is 441 g/mol. The highest BCUT2D eigenvalue weighted by Gasteiger charge is 2.21. The van der Waals surface area contributed by atoms with Crippen LogP contribution in [-0.2, 0) is 21.4 Å². The van der Waals surface area contributed by atoms with Gasteiger partial charge in [-0.3, -0.25) is 0 Å². The maximum atomic E-state index is 11.7. The van der Waals surface area contributed by atoms with Crippen molar-refractivity contribution < 1.29 is 19.1 Å². The second kappa shape index (κ2) is 10.1. The number of esters is 2. The van der Waals surface area contributed by atoms with Crippen LogP contribution in [0, 0.1) is 0 Å². The molecule has 4 heteroatoms. The number of benzene rings is 3. The van der Waals surface area contributed by atoms with Crippen molar-refractivity contribution in [3.8, 4) is 22.6 Å². The minimum absolute atomic E-state index is 0.0861. The molecule has 0 N–H and O–H groups in total. The molecule has 0 aliphatic heterocycles. The largest absolute Gasteiger partial charge is 0.423 e. The van der Waals surface area contributed by atoms with Crippen LogP contribution in [0.25, 0.3) is 11.1 Å². The van der Waals surface area contributed by atoms with E-state index in [9.17, 15) is 9.59 Å². The second-order valence-corrected chi connectivity index (χ2v) is 8.60.